The zero-order valence-corrected chi connectivity index (χ0v) is 17.3. The van der Waals surface area contributed by atoms with E-state index in [0.717, 1.165) is 26.9 Å². The van der Waals surface area contributed by atoms with Crippen LogP contribution in [0, 0.1) is 0 Å². The van der Waals surface area contributed by atoms with Gasteiger partial charge in [0.1, 0.15) is 5.41 Å². The van der Waals surface area contributed by atoms with Crippen LogP contribution in [0.4, 0.5) is 5.69 Å². The summed E-state index contributed by atoms with van der Waals surface area (Å²) in [5.74, 6) is -0.104. The molecular formula is C26H20BrNO. The molecule has 0 saturated heterocycles. The molecule has 0 aromatic heterocycles. The summed E-state index contributed by atoms with van der Waals surface area (Å²) in [6, 6.07) is 37.5. The van der Waals surface area contributed by atoms with Crippen LogP contribution >= 0.6 is 15.9 Å². The minimum Gasteiger partial charge on any atom is -0.324 e. The second kappa shape index (κ2) is 8.46. The van der Waals surface area contributed by atoms with Crippen LogP contribution in [-0.2, 0) is 10.2 Å². The topological polar surface area (TPSA) is 29.1 Å². The zero-order valence-electron chi connectivity index (χ0n) is 15.8. The van der Waals surface area contributed by atoms with E-state index in [1.54, 1.807) is 0 Å². The number of nitrogens with one attached hydrogen (secondary N) is 1. The van der Waals surface area contributed by atoms with Gasteiger partial charge in [-0.05, 0) is 44.8 Å². The summed E-state index contributed by atoms with van der Waals surface area (Å²) in [6.07, 6.45) is 0. The summed E-state index contributed by atoms with van der Waals surface area (Å²) < 4.78 is 0.844. The lowest BCUT2D eigenvalue weighted by Crippen LogP contribution is -2.42. The van der Waals surface area contributed by atoms with Crippen LogP contribution in [0.25, 0.3) is 0 Å². The number of benzene rings is 4. The number of halogens is 1. The van der Waals surface area contributed by atoms with Gasteiger partial charge < -0.3 is 5.32 Å². The van der Waals surface area contributed by atoms with Gasteiger partial charge in [-0.3, -0.25) is 4.79 Å². The van der Waals surface area contributed by atoms with Gasteiger partial charge in [-0.25, -0.2) is 0 Å². The lowest BCUT2D eigenvalue weighted by Gasteiger charge is -2.34. The summed E-state index contributed by atoms with van der Waals surface area (Å²) in [7, 11) is 0. The summed E-state index contributed by atoms with van der Waals surface area (Å²) in [4.78, 5) is 14.1. The molecule has 4 aromatic carbocycles. The number of hydrogen-bond donors (Lipinski definition) is 1. The Morgan fingerprint density at radius 3 is 1.38 bits per heavy atom. The van der Waals surface area contributed by atoms with Gasteiger partial charge in [-0.2, -0.15) is 0 Å². The molecule has 0 bridgehead atoms. The molecule has 4 aromatic rings. The molecule has 0 spiro atoms. The van der Waals surface area contributed by atoms with Crippen LogP contribution in [-0.4, -0.2) is 5.91 Å². The summed E-state index contributed by atoms with van der Waals surface area (Å²) in [6.45, 7) is 0. The zero-order chi connectivity index (χ0) is 20.1. The van der Waals surface area contributed by atoms with Gasteiger partial charge in [-0.15, -0.1) is 0 Å². The predicted molar refractivity (Wildman–Crippen MR) is 122 cm³/mol. The Balaban J connectivity index is 1.97. The third kappa shape index (κ3) is 3.62. The van der Waals surface area contributed by atoms with Crippen molar-refractivity contribution in [3.63, 3.8) is 0 Å². The molecule has 29 heavy (non-hydrogen) atoms. The summed E-state index contributed by atoms with van der Waals surface area (Å²) in [5.41, 5.74) is 2.51. The van der Waals surface area contributed by atoms with Crippen molar-refractivity contribution in [3.05, 3.63) is 136 Å². The number of para-hydroxylation sites is 1. The highest BCUT2D eigenvalue weighted by Crippen LogP contribution is 2.40. The Labute approximate surface area is 179 Å². The fourth-order valence-corrected chi connectivity index (χ4v) is 4.12. The number of amides is 1. The molecule has 0 atom stereocenters. The van der Waals surface area contributed by atoms with Gasteiger partial charge in [-0.1, -0.05) is 103 Å². The van der Waals surface area contributed by atoms with Crippen molar-refractivity contribution in [2.24, 2.45) is 0 Å². The summed E-state index contributed by atoms with van der Waals surface area (Å²) in [5, 5.41) is 3.16. The molecule has 142 valence electrons. The number of rotatable bonds is 5. The molecule has 3 heteroatoms. The van der Waals surface area contributed by atoms with Gasteiger partial charge in [0.05, 0.1) is 5.69 Å². The minimum atomic E-state index is -0.987. The molecule has 4 rings (SSSR count). The van der Waals surface area contributed by atoms with E-state index in [-0.39, 0.29) is 5.91 Å². The van der Waals surface area contributed by atoms with Crippen molar-refractivity contribution < 1.29 is 4.79 Å². The highest BCUT2D eigenvalue weighted by atomic mass is 79.9. The Morgan fingerprint density at radius 2 is 0.966 bits per heavy atom. The highest BCUT2D eigenvalue weighted by Gasteiger charge is 2.43. The molecular weight excluding hydrogens is 422 g/mol. The molecule has 0 unspecified atom stereocenters. The third-order valence-electron chi connectivity index (χ3n) is 5.08. The number of carbonyl (C=O) groups excluding carboxylic acids is 1. The quantitative estimate of drug-likeness (QED) is 0.355. The van der Waals surface area contributed by atoms with E-state index in [4.69, 9.17) is 0 Å². The Morgan fingerprint density at radius 1 is 0.586 bits per heavy atom. The van der Waals surface area contributed by atoms with E-state index in [0.29, 0.717) is 0 Å². The Bertz CT molecular complexity index is 998. The Hall–Kier alpha value is -3.17. The lowest BCUT2D eigenvalue weighted by atomic mass is 9.68. The monoisotopic (exact) mass is 441 g/mol. The van der Waals surface area contributed by atoms with E-state index in [9.17, 15) is 4.79 Å². The average Bonchev–Trinajstić information content (AvgIpc) is 2.78. The maximum atomic E-state index is 14.1. The van der Waals surface area contributed by atoms with Crippen molar-refractivity contribution in [1.82, 2.24) is 0 Å². The first-order valence-corrected chi connectivity index (χ1v) is 10.2. The molecule has 1 N–H and O–H groups in total. The SMILES string of the molecule is O=C(Nc1ccccc1Br)C(c1ccccc1)(c1ccccc1)c1ccccc1. The predicted octanol–water partition coefficient (Wildman–Crippen LogP) is 6.42. The third-order valence-corrected chi connectivity index (χ3v) is 5.77. The molecule has 0 aliphatic carbocycles. The Kier molecular flexibility index (Phi) is 5.59. The molecule has 0 radical (unpaired) electrons. The molecule has 0 saturated carbocycles. The van der Waals surface area contributed by atoms with Crippen molar-refractivity contribution >= 4 is 27.5 Å². The smallest absolute Gasteiger partial charge is 0.244 e. The van der Waals surface area contributed by atoms with Gasteiger partial charge in [0.2, 0.25) is 5.91 Å². The molecule has 0 aliphatic rings. The summed E-state index contributed by atoms with van der Waals surface area (Å²) >= 11 is 3.55. The molecule has 0 heterocycles. The standard InChI is InChI=1S/C26H20BrNO/c27-23-18-10-11-19-24(23)28-25(29)26(20-12-4-1-5-13-20,21-14-6-2-7-15-21)22-16-8-3-9-17-22/h1-19H,(H,28,29). The van der Waals surface area contributed by atoms with Gasteiger partial charge in [0.15, 0.2) is 0 Å². The van der Waals surface area contributed by atoms with Gasteiger partial charge in [0, 0.05) is 4.47 Å². The maximum absolute atomic E-state index is 14.1. The van der Waals surface area contributed by atoms with Gasteiger partial charge >= 0.3 is 0 Å². The minimum absolute atomic E-state index is 0.104. The fourth-order valence-electron chi connectivity index (χ4n) is 3.74. The first kappa shape index (κ1) is 19.2. The molecule has 0 aliphatic heterocycles. The average molecular weight is 442 g/mol. The van der Waals surface area contributed by atoms with Gasteiger partial charge in [0.25, 0.3) is 0 Å². The maximum Gasteiger partial charge on any atom is 0.244 e. The second-order valence-corrected chi connectivity index (χ2v) is 7.64. The van der Waals surface area contributed by atoms with E-state index in [2.05, 4.69) is 21.2 Å². The van der Waals surface area contributed by atoms with Crippen LogP contribution in [0.2, 0.25) is 0 Å². The van der Waals surface area contributed by atoms with E-state index < -0.39 is 5.41 Å². The van der Waals surface area contributed by atoms with Crippen molar-refractivity contribution in [1.29, 1.82) is 0 Å². The normalized spacial score (nSPS) is 11.1. The fraction of sp³-hybridized carbons (Fsp3) is 0.0385. The van der Waals surface area contributed by atoms with E-state index in [1.165, 1.54) is 0 Å². The van der Waals surface area contributed by atoms with Crippen LogP contribution in [0.5, 0.6) is 0 Å². The van der Waals surface area contributed by atoms with Crippen molar-refractivity contribution in [3.8, 4) is 0 Å². The molecule has 1 amide bonds. The van der Waals surface area contributed by atoms with E-state index >= 15 is 0 Å². The number of hydrogen-bond acceptors (Lipinski definition) is 1. The first-order chi connectivity index (χ1) is 14.2. The molecule has 2 nitrogen and oxygen atoms in total. The first-order valence-electron chi connectivity index (χ1n) is 9.45. The highest BCUT2D eigenvalue weighted by molar-refractivity contribution is 9.10. The molecule has 0 fully saturated rings. The van der Waals surface area contributed by atoms with Crippen molar-refractivity contribution in [2.45, 2.75) is 5.41 Å². The van der Waals surface area contributed by atoms with Crippen LogP contribution in [0.3, 0.4) is 0 Å². The van der Waals surface area contributed by atoms with E-state index in [1.807, 2.05) is 115 Å². The largest absolute Gasteiger partial charge is 0.324 e. The second-order valence-electron chi connectivity index (χ2n) is 6.78. The lowest BCUT2D eigenvalue weighted by molar-refractivity contribution is -0.119. The van der Waals surface area contributed by atoms with Crippen molar-refractivity contribution in [2.75, 3.05) is 5.32 Å². The van der Waals surface area contributed by atoms with Crippen LogP contribution in [0.1, 0.15) is 16.7 Å². The van der Waals surface area contributed by atoms with Crippen LogP contribution < -0.4 is 5.32 Å². The van der Waals surface area contributed by atoms with Crippen LogP contribution in [0.15, 0.2) is 120 Å². The number of carbonyl (C=O) groups is 1. The number of anilines is 1.